The molecule has 0 aliphatic carbocycles. The van der Waals surface area contributed by atoms with Gasteiger partial charge in [-0.15, -0.1) is 0 Å². The number of aromatic nitrogens is 2. The molecule has 1 atom stereocenters. The molecule has 2 rings (SSSR count). The maximum atomic E-state index is 5.74. The minimum atomic E-state index is 0.327. The Hall–Kier alpha value is -1.81. The average molecular weight is 273 g/mol. The van der Waals surface area contributed by atoms with Gasteiger partial charge in [-0.2, -0.15) is 0 Å². The largest absolute Gasteiger partial charge is 0.494 e. The van der Waals surface area contributed by atoms with E-state index < -0.39 is 0 Å². The summed E-state index contributed by atoms with van der Waals surface area (Å²) >= 11 is 0. The zero-order chi connectivity index (χ0) is 14.5. The van der Waals surface area contributed by atoms with Crippen LogP contribution >= 0.6 is 0 Å². The molecule has 0 amide bonds. The Bertz CT molecular complexity index is 563. The SMILES string of the molecule is CCOc1ccc(C(C)NC)cc1Cn1ccnc1C. The number of benzene rings is 1. The molecule has 1 aromatic carbocycles. The van der Waals surface area contributed by atoms with Crippen LogP contribution in [0.2, 0.25) is 0 Å². The van der Waals surface area contributed by atoms with Gasteiger partial charge in [-0.3, -0.25) is 0 Å². The van der Waals surface area contributed by atoms with Crippen LogP contribution in [0, 0.1) is 6.92 Å². The Morgan fingerprint density at radius 3 is 2.80 bits per heavy atom. The minimum absolute atomic E-state index is 0.327. The van der Waals surface area contributed by atoms with Crippen molar-refractivity contribution in [3.63, 3.8) is 0 Å². The molecule has 0 fully saturated rings. The maximum Gasteiger partial charge on any atom is 0.124 e. The predicted molar refractivity (Wildman–Crippen MR) is 81.2 cm³/mol. The van der Waals surface area contributed by atoms with Crippen LogP contribution in [-0.2, 0) is 6.54 Å². The van der Waals surface area contributed by atoms with Gasteiger partial charge in [0.25, 0.3) is 0 Å². The van der Waals surface area contributed by atoms with E-state index in [1.165, 1.54) is 11.1 Å². The highest BCUT2D eigenvalue weighted by atomic mass is 16.5. The van der Waals surface area contributed by atoms with Gasteiger partial charge >= 0.3 is 0 Å². The average Bonchev–Trinajstić information content (AvgIpc) is 2.85. The van der Waals surface area contributed by atoms with E-state index in [1.807, 2.05) is 33.3 Å². The lowest BCUT2D eigenvalue weighted by molar-refractivity contribution is 0.335. The summed E-state index contributed by atoms with van der Waals surface area (Å²) in [6, 6.07) is 6.73. The van der Waals surface area contributed by atoms with Crippen molar-refractivity contribution in [3.8, 4) is 5.75 Å². The Balaban J connectivity index is 2.33. The van der Waals surface area contributed by atoms with Gasteiger partial charge in [0.05, 0.1) is 13.2 Å². The summed E-state index contributed by atoms with van der Waals surface area (Å²) in [5, 5.41) is 3.27. The van der Waals surface area contributed by atoms with Gasteiger partial charge in [-0.1, -0.05) is 6.07 Å². The molecule has 4 nitrogen and oxygen atoms in total. The number of nitrogens with one attached hydrogen (secondary N) is 1. The van der Waals surface area contributed by atoms with E-state index in [9.17, 15) is 0 Å². The second-order valence-electron chi connectivity index (χ2n) is 4.91. The third-order valence-electron chi connectivity index (χ3n) is 3.58. The quantitative estimate of drug-likeness (QED) is 0.879. The highest BCUT2D eigenvalue weighted by Crippen LogP contribution is 2.24. The number of ether oxygens (including phenoxy) is 1. The van der Waals surface area contributed by atoms with Crippen LogP contribution in [0.3, 0.4) is 0 Å². The fourth-order valence-corrected chi connectivity index (χ4v) is 2.21. The van der Waals surface area contributed by atoms with Crippen molar-refractivity contribution in [2.75, 3.05) is 13.7 Å². The third kappa shape index (κ3) is 3.20. The fraction of sp³-hybridized carbons (Fsp3) is 0.438. The third-order valence-corrected chi connectivity index (χ3v) is 3.58. The van der Waals surface area contributed by atoms with Gasteiger partial charge in [0.1, 0.15) is 11.6 Å². The van der Waals surface area contributed by atoms with Crippen molar-refractivity contribution >= 4 is 0 Å². The van der Waals surface area contributed by atoms with E-state index in [1.54, 1.807) is 0 Å². The number of imidazole rings is 1. The zero-order valence-corrected chi connectivity index (χ0v) is 12.7. The first-order valence-corrected chi connectivity index (χ1v) is 7.06. The highest BCUT2D eigenvalue weighted by molar-refractivity contribution is 5.38. The van der Waals surface area contributed by atoms with Crippen LogP contribution in [-0.4, -0.2) is 23.2 Å². The van der Waals surface area contributed by atoms with Crippen molar-refractivity contribution in [1.29, 1.82) is 0 Å². The van der Waals surface area contributed by atoms with E-state index in [4.69, 9.17) is 4.74 Å². The minimum Gasteiger partial charge on any atom is -0.494 e. The summed E-state index contributed by atoms with van der Waals surface area (Å²) in [5.74, 6) is 1.96. The fourth-order valence-electron chi connectivity index (χ4n) is 2.21. The van der Waals surface area contributed by atoms with E-state index in [0.29, 0.717) is 12.6 Å². The summed E-state index contributed by atoms with van der Waals surface area (Å²) in [6.45, 7) is 7.64. The molecule has 2 aromatic rings. The van der Waals surface area contributed by atoms with Gasteiger partial charge in [0, 0.05) is 24.0 Å². The lowest BCUT2D eigenvalue weighted by atomic mass is 10.0. The number of rotatable bonds is 6. The topological polar surface area (TPSA) is 39.1 Å². The van der Waals surface area contributed by atoms with Crippen molar-refractivity contribution in [2.45, 2.75) is 33.4 Å². The smallest absolute Gasteiger partial charge is 0.124 e. The van der Waals surface area contributed by atoms with Crippen LogP contribution in [0.1, 0.15) is 36.8 Å². The highest BCUT2D eigenvalue weighted by Gasteiger charge is 2.10. The first-order chi connectivity index (χ1) is 9.65. The zero-order valence-electron chi connectivity index (χ0n) is 12.7. The molecule has 0 saturated carbocycles. The van der Waals surface area contributed by atoms with Crippen molar-refractivity contribution in [2.24, 2.45) is 0 Å². The Labute approximate surface area is 120 Å². The summed E-state index contributed by atoms with van der Waals surface area (Å²) in [5.41, 5.74) is 2.45. The second-order valence-corrected chi connectivity index (χ2v) is 4.91. The summed E-state index contributed by atoms with van der Waals surface area (Å²) < 4.78 is 7.87. The van der Waals surface area contributed by atoms with E-state index in [0.717, 1.165) is 18.1 Å². The first-order valence-electron chi connectivity index (χ1n) is 7.06. The lowest BCUT2D eigenvalue weighted by Gasteiger charge is -2.16. The molecule has 0 aliphatic heterocycles. The molecular weight excluding hydrogens is 250 g/mol. The van der Waals surface area contributed by atoms with Crippen molar-refractivity contribution in [1.82, 2.24) is 14.9 Å². The molecule has 0 radical (unpaired) electrons. The molecule has 0 spiro atoms. The number of nitrogens with zero attached hydrogens (tertiary/aromatic N) is 2. The maximum absolute atomic E-state index is 5.74. The van der Waals surface area contributed by atoms with Gasteiger partial charge < -0.3 is 14.6 Å². The van der Waals surface area contributed by atoms with Crippen LogP contribution in [0.25, 0.3) is 0 Å². The van der Waals surface area contributed by atoms with E-state index >= 15 is 0 Å². The number of hydrogen-bond acceptors (Lipinski definition) is 3. The standard InChI is InChI=1S/C16H23N3O/c1-5-20-16-7-6-14(12(2)17-4)10-15(16)11-19-9-8-18-13(19)3/h6-10,12,17H,5,11H2,1-4H3. The number of hydrogen-bond donors (Lipinski definition) is 1. The molecule has 0 saturated heterocycles. The molecule has 20 heavy (non-hydrogen) atoms. The Morgan fingerprint density at radius 2 is 2.20 bits per heavy atom. The number of aryl methyl sites for hydroxylation is 1. The Kier molecular flexibility index (Phi) is 4.79. The first kappa shape index (κ1) is 14.6. The van der Waals surface area contributed by atoms with Gasteiger partial charge in [0.2, 0.25) is 0 Å². The molecule has 4 heteroatoms. The summed E-state index contributed by atoms with van der Waals surface area (Å²) in [6.07, 6.45) is 3.83. The van der Waals surface area contributed by atoms with Crippen LogP contribution in [0.5, 0.6) is 5.75 Å². The molecule has 108 valence electrons. The molecule has 1 unspecified atom stereocenters. The second kappa shape index (κ2) is 6.57. The lowest BCUT2D eigenvalue weighted by Crippen LogP contribution is -2.13. The van der Waals surface area contributed by atoms with Crippen LogP contribution in [0.4, 0.5) is 0 Å². The summed E-state index contributed by atoms with van der Waals surface area (Å²) in [4.78, 5) is 4.27. The normalized spacial score (nSPS) is 12.4. The molecule has 0 aliphatic rings. The van der Waals surface area contributed by atoms with Crippen molar-refractivity contribution < 1.29 is 4.74 Å². The molecular formula is C16H23N3O. The predicted octanol–water partition coefficient (Wildman–Crippen LogP) is 2.92. The molecule has 1 aromatic heterocycles. The Morgan fingerprint density at radius 1 is 1.40 bits per heavy atom. The van der Waals surface area contributed by atoms with Crippen molar-refractivity contribution in [3.05, 3.63) is 47.5 Å². The van der Waals surface area contributed by atoms with Crippen LogP contribution in [0.15, 0.2) is 30.6 Å². The monoisotopic (exact) mass is 273 g/mol. The van der Waals surface area contributed by atoms with Gasteiger partial charge in [0.15, 0.2) is 0 Å². The molecule has 0 bridgehead atoms. The van der Waals surface area contributed by atoms with Crippen LogP contribution < -0.4 is 10.1 Å². The molecule has 1 N–H and O–H groups in total. The molecule has 1 heterocycles. The van der Waals surface area contributed by atoms with E-state index in [2.05, 4.69) is 40.0 Å². The van der Waals surface area contributed by atoms with Gasteiger partial charge in [-0.25, -0.2) is 4.98 Å². The summed E-state index contributed by atoms with van der Waals surface area (Å²) in [7, 11) is 1.97. The van der Waals surface area contributed by atoms with E-state index in [-0.39, 0.29) is 0 Å². The van der Waals surface area contributed by atoms with Gasteiger partial charge in [-0.05, 0) is 45.5 Å².